The zero-order valence-corrected chi connectivity index (χ0v) is 16.8. The molecule has 1 aromatic carbocycles. The molecular formula is C22H27FN4O2. The quantitative estimate of drug-likeness (QED) is 0.700. The minimum Gasteiger partial charge on any atom is -0.490 e. The minimum absolute atomic E-state index is 0.0966. The molecule has 2 aliphatic heterocycles. The number of carbonyl (C=O) groups is 1. The maximum Gasteiger partial charge on any atom is 0.219 e. The lowest BCUT2D eigenvalue weighted by molar-refractivity contribution is -0.129. The average molecular weight is 398 g/mol. The van der Waals surface area contributed by atoms with Crippen molar-refractivity contribution >= 4 is 5.91 Å². The van der Waals surface area contributed by atoms with Gasteiger partial charge in [-0.2, -0.15) is 0 Å². The molecule has 29 heavy (non-hydrogen) atoms. The first kappa shape index (κ1) is 19.8. The van der Waals surface area contributed by atoms with Gasteiger partial charge in [-0.3, -0.25) is 9.69 Å². The van der Waals surface area contributed by atoms with Gasteiger partial charge in [0.2, 0.25) is 5.91 Å². The number of para-hydroxylation sites is 1. The van der Waals surface area contributed by atoms with Gasteiger partial charge < -0.3 is 9.64 Å². The summed E-state index contributed by atoms with van der Waals surface area (Å²) in [4.78, 5) is 25.3. The van der Waals surface area contributed by atoms with Crippen molar-refractivity contribution in [1.29, 1.82) is 0 Å². The first-order valence-corrected chi connectivity index (χ1v) is 10.3. The van der Waals surface area contributed by atoms with Gasteiger partial charge in [0.25, 0.3) is 0 Å². The molecule has 1 aromatic heterocycles. The van der Waals surface area contributed by atoms with Crippen LogP contribution in [0.5, 0.6) is 5.75 Å². The largest absolute Gasteiger partial charge is 0.490 e. The number of amides is 1. The van der Waals surface area contributed by atoms with Crippen LogP contribution in [0, 0.1) is 5.82 Å². The molecule has 154 valence electrons. The molecule has 0 radical (unpaired) electrons. The van der Waals surface area contributed by atoms with Gasteiger partial charge in [-0.25, -0.2) is 14.4 Å². The fraction of sp³-hybridized carbons (Fsp3) is 0.500. The highest BCUT2D eigenvalue weighted by Gasteiger charge is 2.29. The maximum absolute atomic E-state index is 13.6. The normalized spacial score (nSPS) is 19.2. The van der Waals surface area contributed by atoms with Crippen molar-refractivity contribution in [2.75, 3.05) is 26.2 Å². The second-order valence-electron chi connectivity index (χ2n) is 7.72. The molecule has 0 saturated carbocycles. The van der Waals surface area contributed by atoms with Crippen molar-refractivity contribution in [3.8, 4) is 5.75 Å². The van der Waals surface area contributed by atoms with Crippen LogP contribution in [0.25, 0.3) is 0 Å². The van der Waals surface area contributed by atoms with Gasteiger partial charge >= 0.3 is 0 Å². The third-order valence-corrected chi connectivity index (χ3v) is 5.74. The Morgan fingerprint density at radius 2 is 2.17 bits per heavy atom. The molecule has 1 saturated heterocycles. The Labute approximate surface area is 170 Å². The Morgan fingerprint density at radius 1 is 1.31 bits per heavy atom. The minimum atomic E-state index is -0.322. The maximum atomic E-state index is 13.6. The number of fused-ring (bicyclic) bond motifs is 1. The fourth-order valence-electron chi connectivity index (χ4n) is 4.16. The number of likely N-dealkylation sites (tertiary alicyclic amines) is 1. The summed E-state index contributed by atoms with van der Waals surface area (Å²) in [6.45, 7) is 5.30. The molecule has 0 bridgehead atoms. The van der Waals surface area contributed by atoms with E-state index in [2.05, 4.69) is 9.88 Å². The van der Waals surface area contributed by atoms with Gasteiger partial charge in [-0.15, -0.1) is 0 Å². The van der Waals surface area contributed by atoms with Crippen LogP contribution in [0.3, 0.4) is 0 Å². The van der Waals surface area contributed by atoms with Crippen LogP contribution in [-0.2, 0) is 17.8 Å². The zero-order valence-electron chi connectivity index (χ0n) is 16.8. The summed E-state index contributed by atoms with van der Waals surface area (Å²) in [5.41, 5.74) is 2.13. The molecular weight excluding hydrogens is 371 g/mol. The molecule has 0 N–H and O–H groups in total. The zero-order chi connectivity index (χ0) is 20.2. The predicted octanol–water partition coefficient (Wildman–Crippen LogP) is 3.13. The summed E-state index contributed by atoms with van der Waals surface area (Å²) >= 11 is 0. The second-order valence-corrected chi connectivity index (χ2v) is 7.72. The van der Waals surface area contributed by atoms with E-state index < -0.39 is 0 Å². The van der Waals surface area contributed by atoms with Crippen LogP contribution >= 0.6 is 0 Å². The van der Waals surface area contributed by atoms with Crippen LogP contribution < -0.4 is 4.74 Å². The summed E-state index contributed by atoms with van der Waals surface area (Å²) < 4.78 is 19.2. The van der Waals surface area contributed by atoms with Gasteiger partial charge in [0.1, 0.15) is 5.82 Å². The molecule has 2 aromatic rings. The third kappa shape index (κ3) is 4.56. The van der Waals surface area contributed by atoms with E-state index in [1.165, 1.54) is 6.07 Å². The SMILES string of the molecule is CC(=O)N1CCc2nc([C@@H]3CCCN3CCCOc3ccccc3F)ncc2C1. The standard InChI is InChI=1S/C22H27FN4O2/c1-16(28)27-12-9-19-17(15-27)14-24-22(25-19)20-7-4-10-26(20)11-5-13-29-21-8-3-2-6-18(21)23/h2-3,6,8,14,20H,4-5,7,9-13,15H2,1H3/t20-/m0/s1. The lowest BCUT2D eigenvalue weighted by Crippen LogP contribution is -2.35. The number of carbonyl (C=O) groups excluding carboxylic acids is 1. The molecule has 0 aliphatic carbocycles. The molecule has 3 heterocycles. The average Bonchev–Trinajstić information content (AvgIpc) is 3.20. The molecule has 1 atom stereocenters. The van der Waals surface area contributed by atoms with Crippen LogP contribution in [0.2, 0.25) is 0 Å². The van der Waals surface area contributed by atoms with E-state index in [9.17, 15) is 9.18 Å². The molecule has 0 spiro atoms. The number of hydrogen-bond acceptors (Lipinski definition) is 5. The molecule has 1 fully saturated rings. The van der Waals surface area contributed by atoms with Crippen LogP contribution in [0.1, 0.15) is 49.3 Å². The van der Waals surface area contributed by atoms with Crippen molar-refractivity contribution < 1.29 is 13.9 Å². The number of nitrogens with zero attached hydrogens (tertiary/aromatic N) is 4. The van der Waals surface area contributed by atoms with E-state index in [4.69, 9.17) is 9.72 Å². The summed E-state index contributed by atoms with van der Waals surface area (Å²) in [6.07, 6.45) is 5.67. The first-order valence-electron chi connectivity index (χ1n) is 10.3. The van der Waals surface area contributed by atoms with Gasteiger partial charge in [0.05, 0.1) is 18.3 Å². The highest BCUT2D eigenvalue weighted by molar-refractivity contribution is 5.73. The summed E-state index contributed by atoms with van der Waals surface area (Å²) in [6, 6.07) is 6.72. The Kier molecular flexibility index (Phi) is 6.04. The van der Waals surface area contributed by atoms with E-state index in [1.807, 2.05) is 11.1 Å². The van der Waals surface area contributed by atoms with Crippen molar-refractivity contribution in [3.63, 3.8) is 0 Å². The Morgan fingerprint density at radius 3 is 3.00 bits per heavy atom. The van der Waals surface area contributed by atoms with E-state index in [0.717, 1.165) is 62.4 Å². The fourth-order valence-corrected chi connectivity index (χ4v) is 4.16. The Bertz CT molecular complexity index is 876. The number of rotatable bonds is 6. The monoisotopic (exact) mass is 398 g/mol. The number of hydrogen-bond donors (Lipinski definition) is 0. The molecule has 6 nitrogen and oxygen atoms in total. The number of halogens is 1. The van der Waals surface area contributed by atoms with Crippen molar-refractivity contribution in [3.05, 3.63) is 53.4 Å². The second kappa shape index (κ2) is 8.86. The molecule has 1 amide bonds. The van der Waals surface area contributed by atoms with Gasteiger partial charge in [0, 0.05) is 44.7 Å². The lowest BCUT2D eigenvalue weighted by Gasteiger charge is -2.28. The van der Waals surface area contributed by atoms with Crippen molar-refractivity contribution in [2.24, 2.45) is 0 Å². The molecule has 2 aliphatic rings. The number of ether oxygens (including phenoxy) is 1. The number of aromatic nitrogens is 2. The highest BCUT2D eigenvalue weighted by atomic mass is 19.1. The summed E-state index contributed by atoms with van der Waals surface area (Å²) in [5.74, 6) is 0.965. The van der Waals surface area contributed by atoms with Crippen LogP contribution in [0.15, 0.2) is 30.5 Å². The van der Waals surface area contributed by atoms with Crippen molar-refractivity contribution in [1.82, 2.24) is 19.8 Å². The van der Waals surface area contributed by atoms with E-state index in [0.29, 0.717) is 18.9 Å². The predicted molar refractivity (Wildman–Crippen MR) is 107 cm³/mol. The molecule has 4 rings (SSSR count). The topological polar surface area (TPSA) is 58.6 Å². The van der Waals surface area contributed by atoms with Crippen LogP contribution in [0.4, 0.5) is 4.39 Å². The van der Waals surface area contributed by atoms with E-state index >= 15 is 0 Å². The Hall–Kier alpha value is -2.54. The lowest BCUT2D eigenvalue weighted by atomic mass is 10.1. The third-order valence-electron chi connectivity index (χ3n) is 5.74. The Balaban J connectivity index is 1.34. The number of benzene rings is 1. The molecule has 7 heteroatoms. The van der Waals surface area contributed by atoms with Crippen LogP contribution in [-0.4, -0.2) is 51.9 Å². The first-order chi connectivity index (χ1) is 14.1. The van der Waals surface area contributed by atoms with Gasteiger partial charge in [0.15, 0.2) is 11.6 Å². The van der Waals surface area contributed by atoms with E-state index in [-0.39, 0.29) is 17.8 Å². The van der Waals surface area contributed by atoms with Gasteiger partial charge in [-0.1, -0.05) is 12.1 Å². The summed E-state index contributed by atoms with van der Waals surface area (Å²) in [5, 5.41) is 0. The summed E-state index contributed by atoms with van der Waals surface area (Å²) in [7, 11) is 0. The highest BCUT2D eigenvalue weighted by Crippen LogP contribution is 2.31. The van der Waals surface area contributed by atoms with Crippen molar-refractivity contribution in [2.45, 2.75) is 45.2 Å². The van der Waals surface area contributed by atoms with Gasteiger partial charge in [-0.05, 0) is 37.9 Å². The smallest absolute Gasteiger partial charge is 0.219 e. The van der Waals surface area contributed by atoms with E-state index in [1.54, 1.807) is 25.1 Å². The molecule has 0 unspecified atom stereocenters.